The highest BCUT2D eigenvalue weighted by molar-refractivity contribution is 7.99. The van der Waals surface area contributed by atoms with E-state index < -0.39 is 5.82 Å². The highest BCUT2D eigenvalue weighted by Gasteiger charge is 2.25. The van der Waals surface area contributed by atoms with Crippen LogP contribution in [0.25, 0.3) is 16.6 Å². The van der Waals surface area contributed by atoms with Gasteiger partial charge in [-0.15, -0.1) is 0 Å². The molecule has 8 nitrogen and oxygen atoms in total. The molecule has 0 atom stereocenters. The first-order valence-electron chi connectivity index (χ1n) is 12.0. The summed E-state index contributed by atoms with van der Waals surface area (Å²) >= 11 is 1.30. The number of pyridine rings is 1. The van der Waals surface area contributed by atoms with E-state index >= 15 is 0 Å². The van der Waals surface area contributed by atoms with Crippen molar-refractivity contribution in [2.24, 2.45) is 0 Å². The number of carbonyl (C=O) groups is 1. The molecule has 0 bridgehead atoms. The lowest BCUT2D eigenvalue weighted by Crippen LogP contribution is -2.36. The molecular formula is C27H24FN7OS. The summed E-state index contributed by atoms with van der Waals surface area (Å²) in [6.07, 6.45) is 8.92. The predicted molar refractivity (Wildman–Crippen MR) is 136 cm³/mol. The molecule has 1 fully saturated rings. The Hall–Kier alpha value is -4.15. The van der Waals surface area contributed by atoms with E-state index in [9.17, 15) is 19.7 Å². The minimum atomic E-state index is -0.476. The highest BCUT2D eigenvalue weighted by Crippen LogP contribution is 2.38. The Morgan fingerprint density at radius 3 is 2.54 bits per heavy atom. The van der Waals surface area contributed by atoms with Gasteiger partial charge in [-0.2, -0.15) is 20.7 Å². The summed E-state index contributed by atoms with van der Waals surface area (Å²) in [5, 5.41) is 31.3. The molecule has 0 radical (unpaired) electrons. The molecule has 0 spiro atoms. The van der Waals surface area contributed by atoms with E-state index in [2.05, 4.69) is 27.2 Å². The Kier molecular flexibility index (Phi) is 6.68. The second-order valence-electron chi connectivity index (χ2n) is 9.20. The van der Waals surface area contributed by atoms with E-state index in [1.165, 1.54) is 30.1 Å². The topological polar surface area (TPSA) is 112 Å². The molecule has 1 aliphatic carbocycles. The Balaban J connectivity index is 1.51. The molecule has 0 aliphatic heterocycles. The average Bonchev–Trinajstić information content (AvgIpc) is 3.48. The van der Waals surface area contributed by atoms with Gasteiger partial charge in [0, 0.05) is 45.8 Å². The van der Waals surface area contributed by atoms with Crippen LogP contribution in [0.15, 0.2) is 52.6 Å². The minimum absolute atomic E-state index is 0.00535. The van der Waals surface area contributed by atoms with E-state index in [4.69, 9.17) is 5.10 Å². The number of halogens is 1. The van der Waals surface area contributed by atoms with Gasteiger partial charge >= 0.3 is 0 Å². The van der Waals surface area contributed by atoms with Crippen LogP contribution in [-0.2, 0) is 4.79 Å². The first-order valence-corrected chi connectivity index (χ1v) is 12.8. The van der Waals surface area contributed by atoms with Crippen LogP contribution in [0.5, 0.6) is 0 Å². The van der Waals surface area contributed by atoms with Gasteiger partial charge in [-0.1, -0.05) is 11.8 Å². The fourth-order valence-electron chi connectivity index (χ4n) is 5.02. The van der Waals surface area contributed by atoms with Crippen LogP contribution in [0.4, 0.5) is 4.39 Å². The van der Waals surface area contributed by atoms with Gasteiger partial charge in [0.05, 0.1) is 35.1 Å². The maximum absolute atomic E-state index is 13.7. The van der Waals surface area contributed by atoms with Gasteiger partial charge in [0.1, 0.15) is 18.0 Å². The molecule has 4 aromatic rings. The lowest BCUT2D eigenvalue weighted by Gasteiger charge is -2.29. The Bertz CT molecular complexity index is 1580. The second kappa shape index (κ2) is 10.1. The maximum Gasteiger partial charge on any atom is 0.217 e. The first kappa shape index (κ1) is 24.5. The zero-order valence-electron chi connectivity index (χ0n) is 20.4. The van der Waals surface area contributed by atoms with Gasteiger partial charge in [-0.25, -0.2) is 8.91 Å². The molecule has 1 saturated carbocycles. The summed E-state index contributed by atoms with van der Waals surface area (Å²) in [6.45, 7) is 3.59. The quantitative estimate of drug-likeness (QED) is 0.395. The number of nitrogens with one attached hydrogen (secondary N) is 1. The second-order valence-corrected chi connectivity index (χ2v) is 10.3. The van der Waals surface area contributed by atoms with Crippen molar-refractivity contribution in [3.63, 3.8) is 0 Å². The number of hydrogen-bond donors (Lipinski definition) is 1. The third-order valence-electron chi connectivity index (χ3n) is 6.78. The van der Waals surface area contributed by atoms with Crippen molar-refractivity contribution in [2.45, 2.75) is 61.4 Å². The van der Waals surface area contributed by atoms with Crippen molar-refractivity contribution in [2.75, 3.05) is 0 Å². The zero-order valence-corrected chi connectivity index (χ0v) is 21.2. The van der Waals surface area contributed by atoms with Crippen LogP contribution >= 0.6 is 11.8 Å². The van der Waals surface area contributed by atoms with Crippen molar-refractivity contribution in [3.05, 3.63) is 65.5 Å². The van der Waals surface area contributed by atoms with Gasteiger partial charge < -0.3 is 5.32 Å². The summed E-state index contributed by atoms with van der Waals surface area (Å²) in [7, 11) is 0. The Morgan fingerprint density at radius 1 is 1.08 bits per heavy atom. The number of carbonyl (C=O) groups excluding carboxylic acids is 1. The standard InChI is InChI=1S/C27H24FN7OS/c1-16-24(14-32-35(16)23-6-4-22(5-7-23)33-17(2)36)19-10-26(27-20(12-30)13-31-34(27)15-19)37-25-8-3-21(28)9-18(25)11-29/h3,8-10,13-15,22-23H,4-7H2,1-2H3,(H,33,36)/t22-,23+. The van der Waals surface area contributed by atoms with E-state index in [0.29, 0.717) is 16.0 Å². The van der Waals surface area contributed by atoms with E-state index in [0.717, 1.165) is 47.4 Å². The van der Waals surface area contributed by atoms with Gasteiger partial charge in [-0.3, -0.25) is 9.48 Å². The van der Waals surface area contributed by atoms with Gasteiger partial charge in [0.25, 0.3) is 0 Å². The van der Waals surface area contributed by atoms with E-state index in [-0.39, 0.29) is 23.6 Å². The smallest absolute Gasteiger partial charge is 0.217 e. The number of hydrogen-bond acceptors (Lipinski definition) is 6. The molecule has 0 unspecified atom stereocenters. The van der Waals surface area contributed by atoms with Crippen molar-refractivity contribution in [1.29, 1.82) is 10.5 Å². The number of amides is 1. The fourth-order valence-corrected chi connectivity index (χ4v) is 6.09. The van der Waals surface area contributed by atoms with Crippen LogP contribution in [0, 0.1) is 35.4 Å². The maximum atomic E-state index is 13.7. The number of nitrogens with zero attached hydrogens (tertiary/aromatic N) is 6. The number of nitriles is 2. The largest absolute Gasteiger partial charge is 0.354 e. The number of fused-ring (bicyclic) bond motifs is 1. The molecule has 3 aromatic heterocycles. The monoisotopic (exact) mass is 513 g/mol. The molecule has 1 aromatic carbocycles. The average molecular weight is 514 g/mol. The third-order valence-corrected chi connectivity index (χ3v) is 7.89. The van der Waals surface area contributed by atoms with Crippen LogP contribution < -0.4 is 5.32 Å². The number of benzene rings is 1. The van der Waals surface area contributed by atoms with Crippen LogP contribution in [0.2, 0.25) is 0 Å². The molecule has 1 N–H and O–H groups in total. The van der Waals surface area contributed by atoms with Crippen LogP contribution in [0.1, 0.15) is 55.5 Å². The van der Waals surface area contributed by atoms with Crippen molar-refractivity contribution >= 4 is 23.2 Å². The lowest BCUT2D eigenvalue weighted by molar-refractivity contribution is -0.119. The molecule has 37 heavy (non-hydrogen) atoms. The molecule has 10 heteroatoms. The Labute approximate surface area is 217 Å². The molecule has 1 amide bonds. The summed E-state index contributed by atoms with van der Waals surface area (Å²) < 4.78 is 17.4. The minimum Gasteiger partial charge on any atom is -0.354 e. The van der Waals surface area contributed by atoms with E-state index in [1.54, 1.807) is 17.5 Å². The lowest BCUT2D eigenvalue weighted by atomic mass is 9.91. The van der Waals surface area contributed by atoms with Crippen molar-refractivity contribution < 1.29 is 9.18 Å². The predicted octanol–water partition coefficient (Wildman–Crippen LogP) is 5.16. The molecule has 1 aliphatic rings. The molecule has 0 saturated heterocycles. The number of rotatable bonds is 5. The number of aromatic nitrogens is 4. The third kappa shape index (κ3) is 4.81. The summed E-state index contributed by atoms with van der Waals surface area (Å²) in [4.78, 5) is 12.7. The van der Waals surface area contributed by atoms with Crippen molar-refractivity contribution in [1.82, 2.24) is 24.7 Å². The van der Waals surface area contributed by atoms with Crippen LogP contribution in [-0.4, -0.2) is 31.3 Å². The van der Waals surface area contributed by atoms with Gasteiger partial charge in [0.2, 0.25) is 5.91 Å². The van der Waals surface area contributed by atoms with Crippen LogP contribution in [0.3, 0.4) is 0 Å². The molecular weight excluding hydrogens is 489 g/mol. The van der Waals surface area contributed by atoms with Gasteiger partial charge in [0.15, 0.2) is 0 Å². The van der Waals surface area contributed by atoms with Crippen molar-refractivity contribution in [3.8, 4) is 23.3 Å². The first-order chi connectivity index (χ1) is 17.9. The SMILES string of the molecule is CC(=O)N[C@H]1CC[C@@H](n2ncc(-c3cc(Sc4ccc(F)cc4C#N)c4c(C#N)cnn4c3)c2C)CC1. The Morgan fingerprint density at radius 2 is 1.84 bits per heavy atom. The summed E-state index contributed by atoms with van der Waals surface area (Å²) in [6, 6.07) is 10.8. The molecule has 186 valence electrons. The molecule has 3 heterocycles. The molecule has 5 rings (SSSR count). The van der Waals surface area contributed by atoms with Gasteiger partial charge in [-0.05, 0) is 56.9 Å². The zero-order chi connectivity index (χ0) is 26.1. The fraction of sp³-hybridized carbons (Fsp3) is 0.296. The summed E-state index contributed by atoms with van der Waals surface area (Å²) in [5.41, 5.74) is 4.11. The van der Waals surface area contributed by atoms with E-state index in [1.807, 2.05) is 25.4 Å². The normalized spacial score (nSPS) is 17.3. The highest BCUT2D eigenvalue weighted by atomic mass is 32.2. The summed E-state index contributed by atoms with van der Waals surface area (Å²) in [5.74, 6) is -0.471.